The summed E-state index contributed by atoms with van der Waals surface area (Å²) in [7, 11) is 0. The van der Waals surface area contributed by atoms with Gasteiger partial charge in [-0.15, -0.1) is 0 Å². The number of ether oxygens (including phenoxy) is 1. The van der Waals surface area contributed by atoms with Gasteiger partial charge in [0.15, 0.2) is 11.4 Å². The van der Waals surface area contributed by atoms with E-state index in [-0.39, 0.29) is 37.0 Å². The first kappa shape index (κ1) is 26.3. The molecule has 1 aromatic rings. The molecule has 0 aromatic carbocycles. The SMILES string of the molecule is C[C@]12C=CC(=O)C=C1[C@@H](F)C[C@H]1[C@@H]3C[C@@H](CO)[C@](OC(=O)c4ccco4)(C(=O)SCF)[C@@]3(C)CC[C@@]12F. The van der Waals surface area contributed by atoms with Crippen molar-refractivity contribution in [3.8, 4) is 0 Å². The number of allylic oxidation sites excluding steroid dienone is 4. The number of hydrogen-bond acceptors (Lipinski definition) is 7. The van der Waals surface area contributed by atoms with Crippen molar-refractivity contribution < 1.29 is 41.8 Å². The van der Waals surface area contributed by atoms with Crippen LogP contribution < -0.4 is 0 Å². The maximum absolute atomic E-state index is 17.3. The second-order valence-corrected chi connectivity index (χ2v) is 11.9. The largest absolute Gasteiger partial charge is 0.457 e. The number of carbonyl (C=O) groups excluding carboxylic acids is 3. The van der Waals surface area contributed by atoms with Gasteiger partial charge in [-0.25, -0.2) is 18.0 Å². The van der Waals surface area contributed by atoms with E-state index in [0.717, 1.165) is 0 Å². The Morgan fingerprint density at radius 3 is 2.65 bits per heavy atom. The van der Waals surface area contributed by atoms with Crippen LogP contribution in [0.4, 0.5) is 13.2 Å². The fourth-order valence-corrected chi connectivity index (χ4v) is 8.58. The van der Waals surface area contributed by atoms with Gasteiger partial charge in [-0.2, -0.15) is 0 Å². The Bertz CT molecular complexity index is 1180. The quantitative estimate of drug-likeness (QED) is 0.532. The van der Waals surface area contributed by atoms with Gasteiger partial charge >= 0.3 is 5.97 Å². The molecule has 37 heavy (non-hydrogen) atoms. The number of ketones is 1. The molecule has 5 rings (SSSR count). The van der Waals surface area contributed by atoms with Crippen molar-refractivity contribution in [2.45, 2.75) is 57.0 Å². The number of furan rings is 1. The van der Waals surface area contributed by atoms with Gasteiger partial charge in [0, 0.05) is 22.7 Å². The van der Waals surface area contributed by atoms with E-state index in [0.29, 0.717) is 11.8 Å². The fourth-order valence-electron chi connectivity index (χ4n) is 7.83. The molecule has 0 spiro atoms. The lowest BCUT2D eigenvalue weighted by molar-refractivity contribution is -0.181. The van der Waals surface area contributed by atoms with Gasteiger partial charge in [-0.1, -0.05) is 13.0 Å². The zero-order valence-electron chi connectivity index (χ0n) is 20.5. The molecule has 4 aliphatic rings. The van der Waals surface area contributed by atoms with Crippen LogP contribution in [0.1, 0.15) is 50.1 Å². The van der Waals surface area contributed by atoms with E-state index in [1.54, 1.807) is 13.8 Å². The summed E-state index contributed by atoms with van der Waals surface area (Å²) in [5, 5.41) is 9.64. The molecule has 3 fully saturated rings. The lowest BCUT2D eigenvalue weighted by Crippen LogP contribution is -2.66. The van der Waals surface area contributed by atoms with E-state index >= 15 is 8.78 Å². The van der Waals surface area contributed by atoms with Gasteiger partial charge in [0.1, 0.15) is 17.8 Å². The van der Waals surface area contributed by atoms with Gasteiger partial charge < -0.3 is 14.3 Å². The van der Waals surface area contributed by atoms with E-state index in [9.17, 15) is 23.9 Å². The average molecular weight is 539 g/mol. The van der Waals surface area contributed by atoms with Crippen LogP contribution in [0, 0.1) is 28.6 Å². The molecular formula is C27H29F3O6S. The number of carbonyl (C=O) groups is 3. The zero-order valence-corrected chi connectivity index (χ0v) is 21.4. The molecule has 1 aromatic heterocycles. The number of alkyl halides is 3. The minimum atomic E-state index is -1.98. The van der Waals surface area contributed by atoms with Crippen molar-refractivity contribution in [3.63, 3.8) is 0 Å². The lowest BCUT2D eigenvalue weighted by Gasteiger charge is -2.61. The predicted octanol–water partition coefficient (Wildman–Crippen LogP) is 4.93. The average Bonchev–Trinajstić information content (AvgIpc) is 3.48. The van der Waals surface area contributed by atoms with Gasteiger partial charge in [-0.05, 0) is 80.1 Å². The van der Waals surface area contributed by atoms with Crippen LogP contribution in [0.2, 0.25) is 0 Å². The molecule has 8 atom stereocenters. The van der Waals surface area contributed by atoms with Crippen LogP contribution in [0.5, 0.6) is 0 Å². The molecule has 1 heterocycles. The summed E-state index contributed by atoms with van der Waals surface area (Å²) in [6.07, 6.45) is 3.38. The molecule has 0 unspecified atom stereocenters. The maximum atomic E-state index is 17.3. The molecular weight excluding hydrogens is 509 g/mol. The Morgan fingerprint density at radius 1 is 1.24 bits per heavy atom. The summed E-state index contributed by atoms with van der Waals surface area (Å²) >= 11 is 0.337. The Balaban J connectivity index is 1.62. The fraction of sp³-hybridized carbons (Fsp3) is 0.593. The molecule has 1 N–H and O–H groups in total. The summed E-state index contributed by atoms with van der Waals surface area (Å²) in [5.41, 5.74) is -6.39. The Morgan fingerprint density at radius 2 is 2.00 bits per heavy atom. The summed E-state index contributed by atoms with van der Waals surface area (Å²) in [6, 6.07) is 1.75. The minimum absolute atomic E-state index is 0.0623. The first-order chi connectivity index (χ1) is 17.5. The third-order valence-electron chi connectivity index (χ3n) is 9.69. The number of hydrogen-bond donors (Lipinski definition) is 1. The van der Waals surface area contributed by atoms with Crippen LogP contribution in [-0.4, -0.2) is 52.0 Å². The highest BCUT2D eigenvalue weighted by Gasteiger charge is 2.76. The highest BCUT2D eigenvalue weighted by molar-refractivity contribution is 8.13. The van der Waals surface area contributed by atoms with Crippen molar-refractivity contribution >= 4 is 28.6 Å². The normalized spacial score (nSPS) is 42.4. The number of fused-ring (bicyclic) bond motifs is 5. The van der Waals surface area contributed by atoms with E-state index in [1.807, 2.05) is 0 Å². The molecule has 4 aliphatic carbocycles. The summed E-state index contributed by atoms with van der Waals surface area (Å²) < 4.78 is 57.4. The van der Waals surface area contributed by atoms with E-state index in [2.05, 4.69) is 0 Å². The monoisotopic (exact) mass is 538 g/mol. The second-order valence-electron chi connectivity index (χ2n) is 11.0. The van der Waals surface area contributed by atoms with Crippen LogP contribution in [0.15, 0.2) is 46.6 Å². The number of aliphatic hydroxyl groups excluding tert-OH is 1. The van der Waals surface area contributed by atoms with Crippen molar-refractivity contribution in [1.29, 1.82) is 0 Å². The van der Waals surface area contributed by atoms with Gasteiger partial charge in [-0.3, -0.25) is 9.59 Å². The molecule has 0 aliphatic heterocycles. The third-order valence-corrected chi connectivity index (χ3v) is 10.4. The zero-order chi connectivity index (χ0) is 26.8. The molecule has 0 bridgehead atoms. The van der Waals surface area contributed by atoms with E-state index in [1.165, 1.54) is 36.6 Å². The number of halogens is 3. The van der Waals surface area contributed by atoms with Crippen molar-refractivity contribution in [2.24, 2.45) is 28.6 Å². The maximum Gasteiger partial charge on any atom is 0.375 e. The number of aliphatic hydroxyl groups is 1. The van der Waals surface area contributed by atoms with Crippen molar-refractivity contribution in [3.05, 3.63) is 48.0 Å². The first-order valence-electron chi connectivity index (χ1n) is 12.4. The van der Waals surface area contributed by atoms with Crippen LogP contribution in [0.25, 0.3) is 0 Å². The molecule has 0 amide bonds. The highest BCUT2D eigenvalue weighted by Crippen LogP contribution is 2.72. The highest BCUT2D eigenvalue weighted by atomic mass is 32.2. The van der Waals surface area contributed by atoms with E-state index < -0.39 is 75.5 Å². The van der Waals surface area contributed by atoms with Crippen LogP contribution in [-0.2, 0) is 14.3 Å². The summed E-state index contributed by atoms with van der Waals surface area (Å²) in [4.78, 5) is 38.7. The Kier molecular flexibility index (Phi) is 6.30. The Hall–Kier alpha value is -2.33. The molecule has 3 saturated carbocycles. The molecule has 200 valence electrons. The smallest absolute Gasteiger partial charge is 0.375 e. The van der Waals surface area contributed by atoms with Crippen LogP contribution in [0.3, 0.4) is 0 Å². The standard InChI is InChI=1S/C27H29F3O6S/c1-24-6-5-16(32)11-19(24)20(29)12-18-17-10-15(13-31)27(23(34)37-14-28,25(17,2)7-8-26(18,24)30)36-22(33)21-4-3-9-35-21/h3-6,9,11,15,17-18,20,31H,7-8,10,12-14H2,1-2H3/t15-,17-,18-,20-,24-,25-,26+,27-/m0/s1. The number of rotatable bonds is 5. The molecule has 6 nitrogen and oxygen atoms in total. The molecule has 10 heteroatoms. The number of thioether (sulfide) groups is 1. The predicted molar refractivity (Wildman–Crippen MR) is 129 cm³/mol. The van der Waals surface area contributed by atoms with Gasteiger partial charge in [0.25, 0.3) is 0 Å². The first-order valence-corrected chi connectivity index (χ1v) is 13.4. The number of esters is 1. The van der Waals surface area contributed by atoms with Crippen molar-refractivity contribution in [2.75, 3.05) is 12.6 Å². The Labute approximate surface area is 216 Å². The molecule has 0 saturated heterocycles. The van der Waals surface area contributed by atoms with Gasteiger partial charge in [0.2, 0.25) is 10.9 Å². The van der Waals surface area contributed by atoms with Gasteiger partial charge in [0.05, 0.1) is 12.9 Å². The topological polar surface area (TPSA) is 93.8 Å². The summed E-state index contributed by atoms with van der Waals surface area (Å²) in [6.45, 7) is 2.72. The molecule has 0 radical (unpaired) electrons. The summed E-state index contributed by atoms with van der Waals surface area (Å²) in [5.74, 6) is -4.04. The van der Waals surface area contributed by atoms with E-state index in [4.69, 9.17) is 9.15 Å². The minimum Gasteiger partial charge on any atom is -0.457 e. The lowest BCUT2D eigenvalue weighted by atomic mass is 9.45. The van der Waals surface area contributed by atoms with Crippen molar-refractivity contribution in [1.82, 2.24) is 0 Å². The van der Waals surface area contributed by atoms with Crippen LogP contribution >= 0.6 is 11.8 Å². The third kappa shape index (κ3) is 3.40. The second kappa shape index (κ2) is 8.86.